The predicted molar refractivity (Wildman–Crippen MR) is 62.7 cm³/mol. The van der Waals surface area contributed by atoms with E-state index in [1.165, 1.54) is 6.07 Å². The third-order valence-electron chi connectivity index (χ3n) is 1.90. The number of hydrogen-bond donors (Lipinski definition) is 2. The van der Waals surface area contributed by atoms with Gasteiger partial charge >= 0.3 is 6.61 Å². The standard InChI is InChI=1S/C10H12F2N2O2.ClH/c1-6-3-2-4-7(16-10(11)12)9(6)14-8(15)5-13;/h2-4,10H,5,13H2,1H3,(H,14,15);1H. The number of halogens is 3. The lowest BCUT2D eigenvalue weighted by molar-refractivity contribution is -0.115. The molecule has 1 rings (SSSR count). The molecule has 0 radical (unpaired) electrons. The maximum atomic E-state index is 12.1. The first-order chi connectivity index (χ1) is 7.54. The van der Waals surface area contributed by atoms with Crippen LogP contribution in [0.25, 0.3) is 0 Å². The van der Waals surface area contributed by atoms with E-state index in [1.54, 1.807) is 19.1 Å². The number of nitrogens with two attached hydrogens (primary N) is 1. The van der Waals surface area contributed by atoms with E-state index in [2.05, 4.69) is 10.1 Å². The number of benzene rings is 1. The fourth-order valence-corrected chi connectivity index (χ4v) is 1.19. The van der Waals surface area contributed by atoms with Gasteiger partial charge in [0.1, 0.15) is 5.75 Å². The molecule has 0 saturated heterocycles. The summed E-state index contributed by atoms with van der Waals surface area (Å²) in [6, 6.07) is 4.58. The van der Waals surface area contributed by atoms with Gasteiger partial charge in [0.2, 0.25) is 5.91 Å². The number of aryl methyl sites for hydroxylation is 1. The number of anilines is 1. The third-order valence-corrected chi connectivity index (χ3v) is 1.90. The first-order valence-corrected chi connectivity index (χ1v) is 4.59. The van der Waals surface area contributed by atoms with Gasteiger partial charge in [-0.15, -0.1) is 12.4 Å². The van der Waals surface area contributed by atoms with Gasteiger partial charge < -0.3 is 15.8 Å². The van der Waals surface area contributed by atoms with Crippen molar-refractivity contribution >= 4 is 24.0 Å². The molecule has 17 heavy (non-hydrogen) atoms. The summed E-state index contributed by atoms with van der Waals surface area (Å²) in [6.45, 7) is -1.48. The molecule has 4 nitrogen and oxygen atoms in total. The van der Waals surface area contributed by atoms with Crippen LogP contribution in [0.3, 0.4) is 0 Å². The lowest BCUT2D eigenvalue weighted by atomic mass is 10.2. The molecule has 0 heterocycles. The molecule has 96 valence electrons. The second-order valence-corrected chi connectivity index (χ2v) is 3.08. The Morgan fingerprint density at radius 2 is 2.18 bits per heavy atom. The van der Waals surface area contributed by atoms with Crippen LogP contribution in [0, 0.1) is 6.92 Å². The predicted octanol–water partition coefficient (Wildman–Crippen LogP) is 1.92. The van der Waals surface area contributed by atoms with Crippen LogP contribution < -0.4 is 15.8 Å². The Kier molecular flexibility index (Phi) is 6.45. The fourth-order valence-electron chi connectivity index (χ4n) is 1.19. The zero-order valence-corrected chi connectivity index (χ0v) is 9.89. The van der Waals surface area contributed by atoms with Gasteiger partial charge in [-0.3, -0.25) is 4.79 Å². The number of hydrogen-bond acceptors (Lipinski definition) is 3. The number of rotatable bonds is 4. The van der Waals surface area contributed by atoms with Crippen LogP contribution in [-0.4, -0.2) is 19.1 Å². The summed E-state index contributed by atoms with van der Waals surface area (Å²) in [5.41, 5.74) is 5.97. The first kappa shape index (κ1) is 15.6. The number of carbonyl (C=O) groups excluding carboxylic acids is 1. The van der Waals surface area contributed by atoms with Gasteiger partial charge in [0.25, 0.3) is 0 Å². The van der Waals surface area contributed by atoms with Crippen molar-refractivity contribution in [3.05, 3.63) is 23.8 Å². The summed E-state index contributed by atoms with van der Waals surface area (Å²) in [5.74, 6) is -0.537. The van der Waals surface area contributed by atoms with Crippen molar-refractivity contribution < 1.29 is 18.3 Å². The number of ether oxygens (including phenoxy) is 1. The Balaban J connectivity index is 0.00000256. The number of amides is 1. The van der Waals surface area contributed by atoms with E-state index < -0.39 is 12.5 Å². The molecule has 0 fully saturated rings. The molecule has 0 atom stereocenters. The van der Waals surface area contributed by atoms with Crippen LogP contribution in [0.1, 0.15) is 5.56 Å². The molecule has 1 aromatic carbocycles. The van der Waals surface area contributed by atoms with Crippen LogP contribution in [-0.2, 0) is 4.79 Å². The molecule has 3 N–H and O–H groups in total. The van der Waals surface area contributed by atoms with Crippen molar-refractivity contribution in [3.8, 4) is 5.75 Å². The molecule has 0 bridgehead atoms. The summed E-state index contributed by atoms with van der Waals surface area (Å²) in [4.78, 5) is 11.1. The molecule has 1 aromatic rings. The van der Waals surface area contributed by atoms with E-state index in [4.69, 9.17) is 5.73 Å². The Hall–Kier alpha value is -1.40. The number of alkyl halides is 2. The minimum atomic E-state index is -2.93. The SMILES string of the molecule is Cc1cccc(OC(F)F)c1NC(=O)CN.Cl. The number of para-hydroxylation sites is 1. The molecule has 0 saturated carbocycles. The maximum absolute atomic E-state index is 12.1. The monoisotopic (exact) mass is 266 g/mol. The first-order valence-electron chi connectivity index (χ1n) is 4.59. The highest BCUT2D eigenvalue weighted by molar-refractivity contribution is 5.94. The molecule has 0 aromatic heterocycles. The van der Waals surface area contributed by atoms with E-state index in [-0.39, 0.29) is 30.4 Å². The number of nitrogens with one attached hydrogen (secondary N) is 1. The minimum Gasteiger partial charge on any atom is -0.433 e. The molecular weight excluding hydrogens is 254 g/mol. The molecule has 0 aliphatic heterocycles. The average molecular weight is 267 g/mol. The van der Waals surface area contributed by atoms with Gasteiger partial charge in [-0.2, -0.15) is 8.78 Å². The van der Waals surface area contributed by atoms with Crippen molar-refractivity contribution in [1.82, 2.24) is 0 Å². The van der Waals surface area contributed by atoms with Crippen molar-refractivity contribution in [2.45, 2.75) is 13.5 Å². The van der Waals surface area contributed by atoms with Crippen molar-refractivity contribution in [1.29, 1.82) is 0 Å². The highest BCUT2D eigenvalue weighted by Gasteiger charge is 2.13. The minimum absolute atomic E-state index is 0. The van der Waals surface area contributed by atoms with Crippen LogP contribution >= 0.6 is 12.4 Å². The van der Waals surface area contributed by atoms with Crippen molar-refractivity contribution in [3.63, 3.8) is 0 Å². The Morgan fingerprint density at radius 3 is 2.71 bits per heavy atom. The van der Waals surface area contributed by atoms with Gasteiger partial charge in [-0.1, -0.05) is 12.1 Å². The van der Waals surface area contributed by atoms with E-state index in [0.29, 0.717) is 5.56 Å². The third kappa shape index (κ3) is 4.54. The summed E-state index contributed by atoms with van der Waals surface area (Å²) in [7, 11) is 0. The lowest BCUT2D eigenvalue weighted by Crippen LogP contribution is -2.23. The quantitative estimate of drug-likeness (QED) is 0.875. The molecular formula is C10H13ClF2N2O2. The van der Waals surface area contributed by atoms with E-state index in [0.717, 1.165) is 0 Å². The average Bonchev–Trinajstić information content (AvgIpc) is 2.22. The Bertz CT molecular complexity index is 389. The smallest absolute Gasteiger partial charge is 0.387 e. The maximum Gasteiger partial charge on any atom is 0.387 e. The molecule has 1 amide bonds. The fraction of sp³-hybridized carbons (Fsp3) is 0.300. The van der Waals surface area contributed by atoms with E-state index >= 15 is 0 Å². The lowest BCUT2D eigenvalue weighted by Gasteiger charge is -2.13. The summed E-state index contributed by atoms with van der Waals surface area (Å²) >= 11 is 0. The second-order valence-electron chi connectivity index (χ2n) is 3.08. The topological polar surface area (TPSA) is 64.3 Å². The normalized spacial score (nSPS) is 9.71. The molecule has 0 unspecified atom stereocenters. The Labute approximate surface area is 104 Å². The highest BCUT2D eigenvalue weighted by Crippen LogP contribution is 2.29. The molecule has 0 aliphatic carbocycles. The van der Waals surface area contributed by atoms with Gasteiger partial charge in [0.15, 0.2) is 0 Å². The van der Waals surface area contributed by atoms with Gasteiger partial charge in [0.05, 0.1) is 12.2 Å². The summed E-state index contributed by atoms with van der Waals surface area (Å²) in [6.07, 6.45) is 0. The van der Waals surface area contributed by atoms with Crippen LogP contribution in [0.4, 0.5) is 14.5 Å². The van der Waals surface area contributed by atoms with E-state index in [1.807, 2.05) is 0 Å². The van der Waals surface area contributed by atoms with Crippen molar-refractivity contribution in [2.24, 2.45) is 5.73 Å². The molecule has 0 aliphatic rings. The molecule has 7 heteroatoms. The van der Waals surface area contributed by atoms with Crippen LogP contribution in [0.15, 0.2) is 18.2 Å². The summed E-state index contributed by atoms with van der Waals surface area (Å²) < 4.78 is 28.5. The number of carbonyl (C=O) groups is 1. The Morgan fingerprint density at radius 1 is 1.53 bits per heavy atom. The largest absolute Gasteiger partial charge is 0.433 e. The van der Waals surface area contributed by atoms with Crippen molar-refractivity contribution in [2.75, 3.05) is 11.9 Å². The zero-order chi connectivity index (χ0) is 12.1. The van der Waals surface area contributed by atoms with Gasteiger partial charge in [-0.25, -0.2) is 0 Å². The van der Waals surface area contributed by atoms with Gasteiger partial charge in [-0.05, 0) is 18.6 Å². The zero-order valence-electron chi connectivity index (χ0n) is 9.07. The molecule has 0 spiro atoms. The highest BCUT2D eigenvalue weighted by atomic mass is 35.5. The van der Waals surface area contributed by atoms with E-state index in [9.17, 15) is 13.6 Å². The van der Waals surface area contributed by atoms with Crippen LogP contribution in [0.5, 0.6) is 5.75 Å². The van der Waals surface area contributed by atoms with Gasteiger partial charge in [0, 0.05) is 0 Å². The summed E-state index contributed by atoms with van der Waals surface area (Å²) in [5, 5.41) is 2.41. The van der Waals surface area contributed by atoms with Crippen LogP contribution in [0.2, 0.25) is 0 Å². The second kappa shape index (κ2) is 7.03.